The van der Waals surface area contributed by atoms with Crippen LogP contribution in [0.4, 0.5) is 5.69 Å². The Kier molecular flexibility index (Phi) is 4.78. The minimum Gasteiger partial charge on any atom is -0.469 e. The molecule has 0 fully saturated rings. The fourth-order valence-corrected chi connectivity index (χ4v) is 1.25. The maximum atomic E-state index is 11.5. The van der Waals surface area contributed by atoms with Crippen LogP contribution in [-0.4, -0.2) is 25.7 Å². The summed E-state index contributed by atoms with van der Waals surface area (Å²) in [5.41, 5.74) is 6.17. The van der Waals surface area contributed by atoms with Gasteiger partial charge in [-0.2, -0.15) is 0 Å². The lowest BCUT2D eigenvalue weighted by Crippen LogP contribution is -2.11. The fourth-order valence-electron chi connectivity index (χ4n) is 1.07. The Bertz CT molecular complexity index is 433. The molecular weight excluding hydrogens is 246 g/mol. The van der Waals surface area contributed by atoms with E-state index in [1.54, 1.807) is 0 Å². The molecule has 1 rings (SSSR count). The van der Waals surface area contributed by atoms with E-state index in [0.717, 1.165) is 0 Å². The molecule has 0 atom stereocenters. The van der Waals surface area contributed by atoms with Crippen LogP contribution in [0.15, 0.2) is 18.2 Å². The van der Waals surface area contributed by atoms with Crippen LogP contribution in [-0.2, 0) is 14.3 Å². The summed E-state index contributed by atoms with van der Waals surface area (Å²) in [6.07, 6.45) is 0.0188. The average Bonchev–Trinajstić information content (AvgIpc) is 2.32. The van der Waals surface area contributed by atoms with E-state index < -0.39 is 11.9 Å². The minimum atomic E-state index is -0.559. The SMILES string of the molecule is COC(=O)CCOC(=O)c1ccc(N)c(Cl)c1. The molecule has 1 aromatic carbocycles. The summed E-state index contributed by atoms with van der Waals surface area (Å²) < 4.78 is 9.26. The Balaban J connectivity index is 2.52. The van der Waals surface area contributed by atoms with Gasteiger partial charge in [0.2, 0.25) is 0 Å². The second-order valence-corrected chi connectivity index (χ2v) is 3.61. The quantitative estimate of drug-likeness (QED) is 0.655. The number of anilines is 1. The highest BCUT2D eigenvalue weighted by Gasteiger charge is 2.10. The van der Waals surface area contributed by atoms with Crippen LogP contribution < -0.4 is 5.73 Å². The van der Waals surface area contributed by atoms with Crippen molar-refractivity contribution in [1.29, 1.82) is 0 Å². The predicted molar refractivity (Wildman–Crippen MR) is 62.8 cm³/mol. The van der Waals surface area contributed by atoms with Gasteiger partial charge in [-0.3, -0.25) is 4.79 Å². The predicted octanol–water partition coefficient (Wildman–Crippen LogP) is 1.64. The van der Waals surface area contributed by atoms with Crippen LogP contribution in [0, 0.1) is 0 Å². The lowest BCUT2D eigenvalue weighted by Gasteiger charge is -2.05. The zero-order valence-corrected chi connectivity index (χ0v) is 9.99. The Hall–Kier alpha value is -1.75. The molecule has 0 saturated heterocycles. The molecule has 0 heterocycles. The van der Waals surface area contributed by atoms with E-state index in [1.165, 1.54) is 25.3 Å². The Morgan fingerprint density at radius 1 is 1.41 bits per heavy atom. The van der Waals surface area contributed by atoms with Gasteiger partial charge in [0.1, 0.15) is 6.61 Å². The molecule has 0 unspecified atom stereocenters. The van der Waals surface area contributed by atoms with Crippen molar-refractivity contribution >= 4 is 29.2 Å². The topological polar surface area (TPSA) is 78.6 Å². The van der Waals surface area contributed by atoms with E-state index in [-0.39, 0.29) is 23.6 Å². The molecule has 0 aliphatic rings. The normalized spacial score (nSPS) is 9.76. The summed E-state index contributed by atoms with van der Waals surface area (Å²) in [7, 11) is 1.27. The highest BCUT2D eigenvalue weighted by molar-refractivity contribution is 6.33. The zero-order chi connectivity index (χ0) is 12.8. The number of hydrogen-bond donors (Lipinski definition) is 1. The van der Waals surface area contributed by atoms with Crippen LogP contribution in [0.1, 0.15) is 16.8 Å². The van der Waals surface area contributed by atoms with Crippen molar-refractivity contribution < 1.29 is 19.1 Å². The van der Waals surface area contributed by atoms with Crippen molar-refractivity contribution in [1.82, 2.24) is 0 Å². The van der Waals surface area contributed by atoms with E-state index in [4.69, 9.17) is 22.1 Å². The molecule has 0 aromatic heterocycles. The van der Waals surface area contributed by atoms with E-state index in [0.29, 0.717) is 5.69 Å². The number of nitrogen functional groups attached to an aromatic ring is 1. The molecule has 0 amide bonds. The maximum absolute atomic E-state index is 11.5. The summed E-state index contributed by atoms with van der Waals surface area (Å²) in [5, 5.41) is 0.285. The van der Waals surface area contributed by atoms with E-state index >= 15 is 0 Å². The molecule has 0 saturated carbocycles. The third-order valence-corrected chi connectivity index (χ3v) is 2.33. The molecule has 0 aliphatic heterocycles. The van der Waals surface area contributed by atoms with Gasteiger partial charge in [0.15, 0.2) is 0 Å². The van der Waals surface area contributed by atoms with E-state index in [2.05, 4.69) is 4.74 Å². The molecule has 0 spiro atoms. The first kappa shape index (κ1) is 13.3. The maximum Gasteiger partial charge on any atom is 0.338 e. The highest BCUT2D eigenvalue weighted by Crippen LogP contribution is 2.20. The molecular formula is C11H12ClNO4. The monoisotopic (exact) mass is 257 g/mol. The highest BCUT2D eigenvalue weighted by atomic mass is 35.5. The second-order valence-electron chi connectivity index (χ2n) is 3.20. The molecule has 0 aliphatic carbocycles. The van der Waals surface area contributed by atoms with Gasteiger partial charge < -0.3 is 15.2 Å². The first-order chi connectivity index (χ1) is 8.04. The number of carbonyl (C=O) groups excluding carboxylic acids is 2. The second kappa shape index (κ2) is 6.10. The third kappa shape index (κ3) is 3.96. The first-order valence-corrected chi connectivity index (χ1v) is 5.21. The van der Waals surface area contributed by atoms with Crippen LogP contribution in [0.2, 0.25) is 5.02 Å². The summed E-state index contributed by atoms with van der Waals surface area (Å²) in [4.78, 5) is 22.3. The minimum absolute atomic E-state index is 0.0188. The summed E-state index contributed by atoms with van der Waals surface area (Å²) >= 11 is 5.76. The lowest BCUT2D eigenvalue weighted by atomic mass is 10.2. The van der Waals surface area contributed by atoms with Crippen molar-refractivity contribution in [2.45, 2.75) is 6.42 Å². The van der Waals surface area contributed by atoms with Gasteiger partial charge in [0.05, 0.1) is 29.8 Å². The van der Waals surface area contributed by atoms with Gasteiger partial charge in [0, 0.05) is 0 Å². The standard InChI is InChI=1S/C11H12ClNO4/c1-16-10(14)4-5-17-11(15)7-2-3-9(13)8(12)6-7/h2-3,6H,4-5,13H2,1H3. The number of benzene rings is 1. The molecule has 5 nitrogen and oxygen atoms in total. The van der Waals surface area contributed by atoms with Gasteiger partial charge in [-0.1, -0.05) is 11.6 Å². The van der Waals surface area contributed by atoms with Crippen molar-refractivity contribution in [2.24, 2.45) is 0 Å². The van der Waals surface area contributed by atoms with E-state index in [1.807, 2.05) is 0 Å². The Morgan fingerprint density at radius 3 is 2.71 bits per heavy atom. The van der Waals surface area contributed by atoms with Crippen LogP contribution in [0.3, 0.4) is 0 Å². The number of nitrogens with two attached hydrogens (primary N) is 1. The Labute approximate surface area is 103 Å². The molecule has 0 bridgehead atoms. The third-order valence-electron chi connectivity index (χ3n) is 2.00. The fraction of sp³-hybridized carbons (Fsp3) is 0.273. The smallest absolute Gasteiger partial charge is 0.338 e. The number of carbonyl (C=O) groups is 2. The van der Waals surface area contributed by atoms with Gasteiger partial charge in [-0.05, 0) is 18.2 Å². The van der Waals surface area contributed by atoms with Gasteiger partial charge in [0.25, 0.3) is 0 Å². The van der Waals surface area contributed by atoms with E-state index in [9.17, 15) is 9.59 Å². The number of halogens is 1. The van der Waals surface area contributed by atoms with Gasteiger partial charge in [-0.15, -0.1) is 0 Å². The van der Waals surface area contributed by atoms with Gasteiger partial charge in [-0.25, -0.2) is 4.79 Å². The molecule has 0 radical (unpaired) electrons. The number of hydrogen-bond acceptors (Lipinski definition) is 5. The summed E-state index contributed by atoms with van der Waals surface area (Å²) in [6, 6.07) is 4.43. The van der Waals surface area contributed by atoms with Crippen molar-refractivity contribution in [3.05, 3.63) is 28.8 Å². The van der Waals surface area contributed by atoms with Crippen molar-refractivity contribution in [3.8, 4) is 0 Å². The molecule has 1 aromatic rings. The van der Waals surface area contributed by atoms with Crippen molar-refractivity contribution in [3.63, 3.8) is 0 Å². The average molecular weight is 258 g/mol. The van der Waals surface area contributed by atoms with Crippen LogP contribution in [0.25, 0.3) is 0 Å². The number of ether oxygens (including phenoxy) is 2. The molecule has 6 heteroatoms. The number of methoxy groups -OCH3 is 1. The Morgan fingerprint density at radius 2 is 2.12 bits per heavy atom. The van der Waals surface area contributed by atoms with Gasteiger partial charge >= 0.3 is 11.9 Å². The first-order valence-electron chi connectivity index (χ1n) is 4.83. The number of rotatable bonds is 4. The summed E-state index contributed by atoms with van der Waals surface area (Å²) in [5.74, 6) is -0.996. The van der Waals surface area contributed by atoms with Crippen molar-refractivity contribution in [2.75, 3.05) is 19.5 Å². The lowest BCUT2D eigenvalue weighted by molar-refractivity contribution is -0.141. The number of esters is 2. The summed E-state index contributed by atoms with van der Waals surface area (Å²) in [6.45, 7) is -0.0342. The molecule has 17 heavy (non-hydrogen) atoms. The molecule has 2 N–H and O–H groups in total. The zero-order valence-electron chi connectivity index (χ0n) is 9.23. The van der Waals surface area contributed by atoms with Crippen LogP contribution in [0.5, 0.6) is 0 Å². The largest absolute Gasteiger partial charge is 0.469 e. The molecule has 92 valence electrons. The van der Waals surface area contributed by atoms with Crippen LogP contribution >= 0.6 is 11.6 Å².